The van der Waals surface area contributed by atoms with Crippen molar-refractivity contribution in [2.75, 3.05) is 6.61 Å². The van der Waals surface area contributed by atoms with Crippen LogP contribution in [-0.2, 0) is 4.74 Å². The summed E-state index contributed by atoms with van der Waals surface area (Å²) in [6, 6.07) is 0. The molecule has 0 saturated heterocycles. The molecule has 14 heavy (non-hydrogen) atoms. The zero-order valence-corrected chi connectivity index (χ0v) is 10.3. The Labute approximate surface area is 88.7 Å². The minimum atomic E-state index is -0.363. The first-order valence-electron chi connectivity index (χ1n) is 5.82. The van der Waals surface area contributed by atoms with Gasteiger partial charge >= 0.3 is 0 Å². The first-order chi connectivity index (χ1) is 6.50. The fourth-order valence-electron chi connectivity index (χ4n) is 1.56. The molecule has 0 fully saturated rings. The molecule has 0 aromatic heterocycles. The number of ether oxygens (including phenoxy) is 1. The highest BCUT2D eigenvalue weighted by molar-refractivity contribution is 4.83. The molecule has 3 unspecified atom stereocenters. The van der Waals surface area contributed by atoms with Crippen molar-refractivity contribution in [3.8, 4) is 0 Å². The van der Waals surface area contributed by atoms with Gasteiger partial charge in [-0.15, -0.1) is 0 Å². The summed E-state index contributed by atoms with van der Waals surface area (Å²) >= 11 is 0. The van der Waals surface area contributed by atoms with Gasteiger partial charge < -0.3 is 9.84 Å². The Morgan fingerprint density at radius 2 is 1.86 bits per heavy atom. The second-order valence-corrected chi connectivity index (χ2v) is 4.36. The molecule has 0 bridgehead atoms. The van der Waals surface area contributed by atoms with Gasteiger partial charge in [-0.1, -0.05) is 27.2 Å². The van der Waals surface area contributed by atoms with E-state index in [0.717, 1.165) is 19.3 Å². The lowest BCUT2D eigenvalue weighted by Gasteiger charge is -2.34. The summed E-state index contributed by atoms with van der Waals surface area (Å²) in [4.78, 5) is 0. The Kier molecular flexibility index (Phi) is 6.38. The summed E-state index contributed by atoms with van der Waals surface area (Å²) in [6.07, 6.45) is 2.46. The Morgan fingerprint density at radius 1 is 1.29 bits per heavy atom. The summed E-state index contributed by atoms with van der Waals surface area (Å²) in [5, 5.41) is 10.1. The van der Waals surface area contributed by atoms with Crippen LogP contribution in [-0.4, -0.2) is 23.4 Å². The standard InChI is InChI=1S/C12H26O2/c1-6-10(4)9-11(13)12(5,7-2)14-8-3/h10-11,13H,6-9H2,1-5H3. The maximum Gasteiger partial charge on any atom is 0.0909 e. The van der Waals surface area contributed by atoms with Crippen LogP contribution in [0.2, 0.25) is 0 Å². The van der Waals surface area contributed by atoms with E-state index in [4.69, 9.17) is 4.74 Å². The highest BCUT2D eigenvalue weighted by Gasteiger charge is 2.32. The van der Waals surface area contributed by atoms with E-state index in [-0.39, 0.29) is 11.7 Å². The molecule has 0 radical (unpaired) electrons. The van der Waals surface area contributed by atoms with Crippen LogP contribution in [0.5, 0.6) is 0 Å². The average molecular weight is 202 g/mol. The molecular weight excluding hydrogens is 176 g/mol. The second kappa shape index (κ2) is 6.41. The van der Waals surface area contributed by atoms with Crippen LogP contribution >= 0.6 is 0 Å². The van der Waals surface area contributed by atoms with Crippen LogP contribution in [0.1, 0.15) is 53.9 Å². The predicted octanol–water partition coefficient (Wildman–Crippen LogP) is 2.99. The molecule has 0 spiro atoms. The topological polar surface area (TPSA) is 29.5 Å². The molecule has 2 heteroatoms. The van der Waals surface area contributed by atoms with Crippen molar-refractivity contribution in [3.63, 3.8) is 0 Å². The molecule has 0 amide bonds. The van der Waals surface area contributed by atoms with Gasteiger partial charge in [0.05, 0.1) is 11.7 Å². The molecule has 0 aliphatic rings. The van der Waals surface area contributed by atoms with Crippen molar-refractivity contribution in [2.24, 2.45) is 5.92 Å². The average Bonchev–Trinajstić information content (AvgIpc) is 2.17. The first kappa shape index (κ1) is 13.9. The summed E-state index contributed by atoms with van der Waals surface area (Å²) in [7, 11) is 0. The fourth-order valence-corrected chi connectivity index (χ4v) is 1.56. The molecular formula is C12H26O2. The molecule has 3 atom stereocenters. The van der Waals surface area contributed by atoms with Gasteiger partial charge in [-0.3, -0.25) is 0 Å². The lowest BCUT2D eigenvalue weighted by atomic mass is 9.88. The summed E-state index contributed by atoms with van der Waals surface area (Å²) in [5.74, 6) is 0.566. The van der Waals surface area contributed by atoms with E-state index >= 15 is 0 Å². The zero-order chi connectivity index (χ0) is 11.2. The van der Waals surface area contributed by atoms with Gasteiger partial charge in [-0.2, -0.15) is 0 Å². The molecule has 0 saturated carbocycles. The number of hydrogen-bond acceptors (Lipinski definition) is 2. The Hall–Kier alpha value is -0.0800. The molecule has 2 nitrogen and oxygen atoms in total. The molecule has 0 rings (SSSR count). The smallest absolute Gasteiger partial charge is 0.0909 e. The van der Waals surface area contributed by atoms with E-state index in [2.05, 4.69) is 20.8 Å². The van der Waals surface area contributed by atoms with Crippen molar-refractivity contribution < 1.29 is 9.84 Å². The van der Waals surface area contributed by atoms with Gasteiger partial charge in [0, 0.05) is 6.61 Å². The molecule has 0 heterocycles. The van der Waals surface area contributed by atoms with Gasteiger partial charge in [0.2, 0.25) is 0 Å². The summed E-state index contributed by atoms with van der Waals surface area (Å²) in [5.41, 5.74) is -0.363. The minimum Gasteiger partial charge on any atom is -0.390 e. The number of aliphatic hydroxyl groups excluding tert-OH is 1. The third kappa shape index (κ3) is 3.97. The molecule has 0 aliphatic carbocycles. The van der Waals surface area contributed by atoms with E-state index < -0.39 is 0 Å². The molecule has 0 aliphatic heterocycles. The van der Waals surface area contributed by atoms with Crippen LogP contribution in [0, 0.1) is 5.92 Å². The van der Waals surface area contributed by atoms with Gasteiger partial charge in [0.15, 0.2) is 0 Å². The molecule has 86 valence electrons. The predicted molar refractivity (Wildman–Crippen MR) is 60.4 cm³/mol. The normalized spacial score (nSPS) is 20.1. The quantitative estimate of drug-likeness (QED) is 0.687. The highest BCUT2D eigenvalue weighted by atomic mass is 16.5. The maximum atomic E-state index is 10.1. The first-order valence-corrected chi connectivity index (χ1v) is 5.82. The SMILES string of the molecule is CCOC(C)(CC)C(O)CC(C)CC. The van der Waals surface area contributed by atoms with Gasteiger partial charge in [-0.05, 0) is 32.6 Å². The molecule has 1 N–H and O–H groups in total. The van der Waals surface area contributed by atoms with Gasteiger partial charge in [0.1, 0.15) is 0 Å². The maximum absolute atomic E-state index is 10.1. The highest BCUT2D eigenvalue weighted by Crippen LogP contribution is 2.25. The number of hydrogen-bond donors (Lipinski definition) is 1. The monoisotopic (exact) mass is 202 g/mol. The van der Waals surface area contributed by atoms with Crippen LogP contribution in [0.3, 0.4) is 0 Å². The van der Waals surface area contributed by atoms with Crippen LogP contribution < -0.4 is 0 Å². The lowest BCUT2D eigenvalue weighted by molar-refractivity contribution is -0.117. The largest absolute Gasteiger partial charge is 0.390 e. The van der Waals surface area contributed by atoms with E-state index in [1.54, 1.807) is 0 Å². The van der Waals surface area contributed by atoms with E-state index in [0.29, 0.717) is 12.5 Å². The Bertz CT molecular complexity index is 147. The summed E-state index contributed by atoms with van der Waals surface area (Å²) in [6.45, 7) is 11.0. The Morgan fingerprint density at radius 3 is 2.21 bits per heavy atom. The van der Waals surface area contributed by atoms with E-state index in [9.17, 15) is 5.11 Å². The van der Waals surface area contributed by atoms with Gasteiger partial charge in [0.25, 0.3) is 0 Å². The third-order valence-electron chi connectivity index (χ3n) is 3.20. The molecule has 0 aromatic carbocycles. The Balaban J connectivity index is 4.21. The van der Waals surface area contributed by atoms with E-state index in [1.807, 2.05) is 13.8 Å². The lowest BCUT2D eigenvalue weighted by Crippen LogP contribution is -2.42. The summed E-state index contributed by atoms with van der Waals surface area (Å²) < 4.78 is 5.64. The van der Waals surface area contributed by atoms with Gasteiger partial charge in [-0.25, -0.2) is 0 Å². The number of aliphatic hydroxyl groups is 1. The second-order valence-electron chi connectivity index (χ2n) is 4.36. The van der Waals surface area contributed by atoms with Crippen molar-refractivity contribution in [1.29, 1.82) is 0 Å². The van der Waals surface area contributed by atoms with Crippen LogP contribution in [0.25, 0.3) is 0 Å². The fraction of sp³-hybridized carbons (Fsp3) is 1.00. The van der Waals surface area contributed by atoms with Crippen LogP contribution in [0.15, 0.2) is 0 Å². The van der Waals surface area contributed by atoms with Crippen molar-refractivity contribution in [2.45, 2.75) is 65.6 Å². The van der Waals surface area contributed by atoms with E-state index in [1.165, 1.54) is 0 Å². The van der Waals surface area contributed by atoms with Crippen molar-refractivity contribution in [3.05, 3.63) is 0 Å². The van der Waals surface area contributed by atoms with Crippen LogP contribution in [0.4, 0.5) is 0 Å². The van der Waals surface area contributed by atoms with Crippen molar-refractivity contribution in [1.82, 2.24) is 0 Å². The van der Waals surface area contributed by atoms with Crippen molar-refractivity contribution >= 4 is 0 Å². The molecule has 0 aromatic rings. The minimum absolute atomic E-state index is 0.345. The third-order valence-corrected chi connectivity index (χ3v) is 3.20. The number of rotatable bonds is 7. The zero-order valence-electron chi connectivity index (χ0n) is 10.3.